The van der Waals surface area contributed by atoms with Crippen LogP contribution in [0.4, 0.5) is 5.95 Å². The van der Waals surface area contributed by atoms with Gasteiger partial charge in [-0.3, -0.25) is 10.1 Å². The van der Waals surface area contributed by atoms with Crippen LogP contribution in [0.3, 0.4) is 0 Å². The third-order valence-corrected chi connectivity index (χ3v) is 2.06. The second-order valence-corrected chi connectivity index (χ2v) is 3.47. The number of H-pyrrole nitrogens is 1. The molecule has 0 radical (unpaired) electrons. The van der Waals surface area contributed by atoms with Gasteiger partial charge in [-0.15, -0.1) is 5.10 Å². The van der Waals surface area contributed by atoms with Crippen molar-refractivity contribution in [3.8, 4) is 17.9 Å². The Hall–Kier alpha value is -2.81. The third kappa shape index (κ3) is 3.85. The summed E-state index contributed by atoms with van der Waals surface area (Å²) in [4.78, 5) is 15.4. The molecule has 0 unspecified atom stereocenters. The molecule has 2 N–H and O–H groups in total. The first-order valence-corrected chi connectivity index (χ1v) is 5.71. The number of carbonyl (C=O) groups is 1. The maximum absolute atomic E-state index is 11.5. The minimum atomic E-state index is -0.469. The fourth-order valence-electron chi connectivity index (χ4n) is 1.29. The predicted molar refractivity (Wildman–Crippen MR) is 69.5 cm³/mol. The van der Waals surface area contributed by atoms with E-state index in [-0.39, 0.29) is 12.0 Å². The molecule has 0 aliphatic heterocycles. The average Bonchev–Trinajstić information content (AvgIpc) is 2.85. The van der Waals surface area contributed by atoms with Gasteiger partial charge in [-0.25, -0.2) is 5.10 Å². The predicted octanol–water partition coefficient (Wildman–Crippen LogP) is 1.19. The summed E-state index contributed by atoms with van der Waals surface area (Å²) in [6, 6.07) is 9.42. The number of rotatable bonds is 3. The first kappa shape index (κ1) is 12.6. The Bertz CT molecular complexity index is 610. The highest BCUT2D eigenvalue weighted by Gasteiger charge is 2.05. The number of hydrogen-bond donors (Lipinski definition) is 2. The van der Waals surface area contributed by atoms with Crippen LogP contribution in [0.2, 0.25) is 0 Å². The summed E-state index contributed by atoms with van der Waals surface area (Å²) in [7, 11) is 0. The van der Waals surface area contributed by atoms with Gasteiger partial charge in [-0.05, 0) is 19.1 Å². The van der Waals surface area contributed by atoms with Crippen molar-refractivity contribution in [1.29, 1.82) is 0 Å². The van der Waals surface area contributed by atoms with E-state index in [4.69, 9.17) is 4.74 Å². The smallest absolute Gasteiger partial charge is 0.337 e. The van der Waals surface area contributed by atoms with Gasteiger partial charge < -0.3 is 4.74 Å². The molecule has 2 rings (SSSR count). The molecule has 6 nitrogen and oxygen atoms in total. The third-order valence-electron chi connectivity index (χ3n) is 2.06. The lowest BCUT2D eigenvalue weighted by atomic mass is 10.2. The molecule has 0 bridgehead atoms. The van der Waals surface area contributed by atoms with Crippen molar-refractivity contribution < 1.29 is 9.53 Å². The number of aromatic nitrogens is 3. The number of anilines is 1. The van der Waals surface area contributed by atoms with Crippen LogP contribution in [0.15, 0.2) is 30.3 Å². The van der Waals surface area contributed by atoms with Crippen molar-refractivity contribution in [1.82, 2.24) is 15.2 Å². The summed E-state index contributed by atoms with van der Waals surface area (Å²) in [6.07, 6.45) is 0. The number of benzene rings is 1. The van der Waals surface area contributed by atoms with Gasteiger partial charge in [0.25, 0.3) is 0 Å². The number of nitrogens with zero attached hydrogens (tertiary/aromatic N) is 2. The van der Waals surface area contributed by atoms with Crippen LogP contribution < -0.4 is 10.1 Å². The molecule has 1 amide bonds. The molecule has 6 heteroatoms. The molecule has 2 aromatic rings. The normalized spacial score (nSPS) is 9.32. The molecule has 0 atom stereocenters. The number of aromatic amines is 1. The van der Waals surface area contributed by atoms with Gasteiger partial charge in [0.2, 0.25) is 5.95 Å². The van der Waals surface area contributed by atoms with Crippen LogP contribution in [0, 0.1) is 11.8 Å². The van der Waals surface area contributed by atoms with Crippen LogP contribution in [0.1, 0.15) is 12.5 Å². The van der Waals surface area contributed by atoms with E-state index in [0.29, 0.717) is 6.61 Å². The van der Waals surface area contributed by atoms with E-state index in [1.54, 1.807) is 0 Å². The second-order valence-electron chi connectivity index (χ2n) is 3.47. The standard InChI is InChI=1S/C13H12N4O2/c1-2-19-13-15-12(16-17-13)14-11(18)9-8-10-6-4-3-5-7-10/h3-7H,2H2,1H3,(H2,14,15,16,17,18). The lowest BCUT2D eigenvalue weighted by Crippen LogP contribution is -2.09. The fraction of sp³-hybridized carbons (Fsp3) is 0.154. The van der Waals surface area contributed by atoms with Crippen molar-refractivity contribution >= 4 is 11.9 Å². The zero-order chi connectivity index (χ0) is 13.5. The highest BCUT2D eigenvalue weighted by atomic mass is 16.5. The summed E-state index contributed by atoms with van der Waals surface area (Å²) in [6.45, 7) is 2.28. The highest BCUT2D eigenvalue weighted by Crippen LogP contribution is 2.04. The minimum absolute atomic E-state index is 0.189. The molecule has 1 heterocycles. The molecule has 1 aromatic heterocycles. The first-order valence-electron chi connectivity index (χ1n) is 5.71. The fourth-order valence-corrected chi connectivity index (χ4v) is 1.29. The number of ether oxygens (including phenoxy) is 1. The molecule has 0 saturated carbocycles. The minimum Gasteiger partial charge on any atom is -0.463 e. The van der Waals surface area contributed by atoms with E-state index in [1.807, 2.05) is 37.3 Å². The van der Waals surface area contributed by atoms with Crippen LogP contribution in [-0.2, 0) is 4.79 Å². The molecular formula is C13H12N4O2. The summed E-state index contributed by atoms with van der Waals surface area (Å²) in [5, 5.41) is 8.76. The molecule has 0 spiro atoms. The van der Waals surface area contributed by atoms with Gasteiger partial charge in [0.15, 0.2) is 0 Å². The summed E-state index contributed by atoms with van der Waals surface area (Å²) in [5.74, 6) is 4.94. The van der Waals surface area contributed by atoms with E-state index >= 15 is 0 Å². The van der Waals surface area contributed by atoms with Gasteiger partial charge in [-0.2, -0.15) is 4.98 Å². The first-order chi connectivity index (χ1) is 9.28. The van der Waals surface area contributed by atoms with Gasteiger partial charge in [-0.1, -0.05) is 24.1 Å². The van der Waals surface area contributed by atoms with Gasteiger partial charge >= 0.3 is 11.9 Å². The molecule has 0 aliphatic carbocycles. The van der Waals surface area contributed by atoms with E-state index in [0.717, 1.165) is 5.56 Å². The number of nitrogens with one attached hydrogen (secondary N) is 2. The lowest BCUT2D eigenvalue weighted by molar-refractivity contribution is -0.111. The molecular weight excluding hydrogens is 244 g/mol. The average molecular weight is 256 g/mol. The van der Waals surface area contributed by atoms with Crippen molar-refractivity contribution in [2.75, 3.05) is 11.9 Å². The topological polar surface area (TPSA) is 79.9 Å². The Morgan fingerprint density at radius 1 is 1.42 bits per heavy atom. The molecule has 96 valence electrons. The van der Waals surface area contributed by atoms with Crippen molar-refractivity contribution in [3.05, 3.63) is 35.9 Å². The van der Waals surface area contributed by atoms with Gasteiger partial charge in [0.05, 0.1) is 6.61 Å². The largest absolute Gasteiger partial charge is 0.463 e. The van der Waals surface area contributed by atoms with Crippen LogP contribution >= 0.6 is 0 Å². The van der Waals surface area contributed by atoms with Crippen molar-refractivity contribution in [2.45, 2.75) is 6.92 Å². The number of amides is 1. The van der Waals surface area contributed by atoms with Crippen LogP contribution in [-0.4, -0.2) is 27.7 Å². The van der Waals surface area contributed by atoms with Crippen molar-refractivity contribution in [3.63, 3.8) is 0 Å². The SMILES string of the molecule is CCOc1n[nH]c(NC(=O)C#Cc2ccccc2)n1. The summed E-state index contributed by atoms with van der Waals surface area (Å²) >= 11 is 0. The van der Waals surface area contributed by atoms with Crippen LogP contribution in [0.5, 0.6) is 6.01 Å². The molecule has 0 saturated heterocycles. The summed E-state index contributed by atoms with van der Waals surface area (Å²) in [5.41, 5.74) is 0.769. The van der Waals surface area contributed by atoms with Gasteiger partial charge in [0, 0.05) is 11.5 Å². The Labute approximate surface area is 110 Å². The van der Waals surface area contributed by atoms with Crippen LogP contribution in [0.25, 0.3) is 0 Å². The molecule has 0 fully saturated rings. The molecule has 1 aromatic carbocycles. The van der Waals surface area contributed by atoms with Gasteiger partial charge in [0.1, 0.15) is 0 Å². The molecule has 19 heavy (non-hydrogen) atoms. The maximum atomic E-state index is 11.5. The second kappa shape index (κ2) is 6.21. The lowest BCUT2D eigenvalue weighted by Gasteiger charge is -1.93. The zero-order valence-corrected chi connectivity index (χ0v) is 10.3. The van der Waals surface area contributed by atoms with E-state index < -0.39 is 5.91 Å². The number of hydrogen-bond acceptors (Lipinski definition) is 4. The Kier molecular flexibility index (Phi) is 4.13. The monoisotopic (exact) mass is 256 g/mol. The quantitative estimate of drug-likeness (QED) is 0.808. The van der Waals surface area contributed by atoms with E-state index in [9.17, 15) is 4.79 Å². The summed E-state index contributed by atoms with van der Waals surface area (Å²) < 4.78 is 5.06. The Morgan fingerprint density at radius 3 is 2.95 bits per heavy atom. The highest BCUT2D eigenvalue weighted by molar-refractivity contribution is 6.03. The van der Waals surface area contributed by atoms with E-state index in [1.165, 1.54) is 0 Å². The van der Waals surface area contributed by atoms with E-state index in [2.05, 4.69) is 32.3 Å². The maximum Gasteiger partial charge on any atom is 0.337 e. The zero-order valence-electron chi connectivity index (χ0n) is 10.3. The Balaban J connectivity index is 1.96. The molecule has 0 aliphatic rings. The van der Waals surface area contributed by atoms with Crippen molar-refractivity contribution in [2.24, 2.45) is 0 Å². The number of carbonyl (C=O) groups excluding carboxylic acids is 1. The Morgan fingerprint density at radius 2 is 2.21 bits per heavy atom.